The minimum Gasteiger partial charge on any atom is -0.497 e. The van der Waals surface area contributed by atoms with E-state index >= 15 is 0 Å². The normalized spacial score (nSPS) is 16.9. The molecule has 2 aliphatic heterocycles. The summed E-state index contributed by atoms with van der Waals surface area (Å²) in [5.74, 6) is 0.274. The maximum atomic E-state index is 13.4. The Hall–Kier alpha value is -4.37. The van der Waals surface area contributed by atoms with E-state index in [1.807, 2.05) is 49.9 Å². The Morgan fingerprint density at radius 1 is 1.07 bits per heavy atom. The van der Waals surface area contributed by atoms with Crippen LogP contribution in [0.4, 0.5) is 5.69 Å². The molecule has 1 saturated heterocycles. The maximum Gasteiger partial charge on any atom is 0.256 e. The van der Waals surface area contributed by atoms with Gasteiger partial charge in [-0.15, -0.1) is 0 Å². The van der Waals surface area contributed by atoms with Gasteiger partial charge >= 0.3 is 0 Å². The van der Waals surface area contributed by atoms with Gasteiger partial charge < -0.3 is 30.2 Å². The number of carbonyl (C=O) groups is 3. The Morgan fingerprint density at radius 2 is 1.78 bits per heavy atom. The van der Waals surface area contributed by atoms with Crippen molar-refractivity contribution in [3.8, 4) is 5.75 Å². The number of rotatable bonds is 7. The van der Waals surface area contributed by atoms with E-state index in [-0.39, 0.29) is 23.8 Å². The van der Waals surface area contributed by atoms with Gasteiger partial charge in [-0.05, 0) is 74.9 Å². The second-order valence-electron chi connectivity index (χ2n) is 10.6. The van der Waals surface area contributed by atoms with E-state index in [1.54, 1.807) is 31.4 Å². The lowest BCUT2D eigenvalue weighted by molar-refractivity contribution is -0.110. The minimum absolute atomic E-state index is 0.0119. The van der Waals surface area contributed by atoms with E-state index in [0.717, 1.165) is 42.2 Å². The van der Waals surface area contributed by atoms with Crippen LogP contribution in [0.5, 0.6) is 5.75 Å². The molecular weight excluding hydrogens is 518 g/mol. The molecule has 41 heavy (non-hydrogen) atoms. The van der Waals surface area contributed by atoms with E-state index in [9.17, 15) is 14.4 Å². The van der Waals surface area contributed by atoms with Crippen molar-refractivity contribution >= 4 is 35.1 Å². The Bertz CT molecular complexity index is 1510. The average molecular weight is 556 g/mol. The number of methoxy groups -OCH3 is 1. The van der Waals surface area contributed by atoms with Gasteiger partial charge in [-0.1, -0.05) is 19.1 Å². The molecule has 9 heteroatoms. The smallest absolute Gasteiger partial charge is 0.256 e. The predicted octanol–water partition coefficient (Wildman–Crippen LogP) is 4.40. The third-order valence-electron chi connectivity index (χ3n) is 8.11. The number of carbonyl (C=O) groups excluding carboxylic acids is 3. The highest BCUT2D eigenvalue weighted by Gasteiger charge is 2.29. The molecule has 0 spiro atoms. The summed E-state index contributed by atoms with van der Waals surface area (Å²) < 4.78 is 5.22. The Labute approximate surface area is 240 Å². The number of likely N-dealkylation sites (N-methyl/N-ethyl adjacent to an activating group) is 1. The molecular formula is C32H37N5O4. The van der Waals surface area contributed by atoms with Gasteiger partial charge in [-0.3, -0.25) is 14.4 Å². The summed E-state index contributed by atoms with van der Waals surface area (Å²) in [5, 5.41) is 5.92. The summed E-state index contributed by atoms with van der Waals surface area (Å²) in [6, 6.07) is 12.5. The number of hydrogen-bond donors (Lipinski definition) is 3. The van der Waals surface area contributed by atoms with Crippen molar-refractivity contribution in [2.45, 2.75) is 33.7 Å². The highest BCUT2D eigenvalue weighted by Crippen LogP contribution is 2.35. The Balaban J connectivity index is 1.37. The molecule has 3 N–H and O–H groups in total. The Kier molecular flexibility index (Phi) is 7.99. The van der Waals surface area contributed by atoms with Crippen LogP contribution in [0.1, 0.15) is 68.7 Å². The molecule has 5 rings (SSSR count). The molecule has 9 nitrogen and oxygen atoms in total. The zero-order valence-corrected chi connectivity index (χ0v) is 24.3. The standard InChI is InChI=1S/C32H37N5O4/c1-6-36-13-15-37(16-14-36)32(40)29-19(2)28(33-21(29)4)18-26-25-17-23(9-12-27(25)35-31(26)39)30(38)34-20(3)22-7-10-24(41-5)11-8-22/h7-12,17-18,20,33H,6,13-16H2,1-5H3,(H,34,38)(H,35,39)/t20-/m0/s1. The lowest BCUT2D eigenvalue weighted by Crippen LogP contribution is -2.48. The van der Waals surface area contributed by atoms with Crippen LogP contribution < -0.4 is 15.4 Å². The fourth-order valence-electron chi connectivity index (χ4n) is 5.54. The summed E-state index contributed by atoms with van der Waals surface area (Å²) in [6.07, 6.45) is 1.77. The highest BCUT2D eigenvalue weighted by molar-refractivity contribution is 6.35. The SMILES string of the molecule is CCN1CCN(C(=O)c2c(C)[nH]c(C=C3C(=O)Nc4ccc(C(=O)N[C@@H](C)c5ccc(OC)cc5)cc43)c2C)CC1. The van der Waals surface area contributed by atoms with Gasteiger partial charge in [0.1, 0.15) is 5.75 Å². The number of aromatic amines is 1. The summed E-state index contributed by atoms with van der Waals surface area (Å²) >= 11 is 0. The van der Waals surface area contributed by atoms with Gasteiger partial charge in [-0.2, -0.15) is 0 Å². The first-order chi connectivity index (χ1) is 19.7. The lowest BCUT2D eigenvalue weighted by Gasteiger charge is -2.34. The molecule has 214 valence electrons. The topological polar surface area (TPSA) is 107 Å². The van der Waals surface area contributed by atoms with Crippen molar-refractivity contribution < 1.29 is 19.1 Å². The van der Waals surface area contributed by atoms with Gasteiger partial charge in [0.2, 0.25) is 0 Å². The molecule has 3 amide bonds. The number of ether oxygens (including phenoxy) is 1. The first-order valence-corrected chi connectivity index (χ1v) is 14.0. The Morgan fingerprint density at radius 3 is 2.44 bits per heavy atom. The van der Waals surface area contributed by atoms with Crippen LogP contribution in [0.2, 0.25) is 0 Å². The van der Waals surface area contributed by atoms with E-state index in [1.165, 1.54) is 0 Å². The minimum atomic E-state index is -0.251. The number of aryl methyl sites for hydroxylation is 1. The monoisotopic (exact) mass is 555 g/mol. The zero-order chi connectivity index (χ0) is 29.3. The van der Waals surface area contributed by atoms with Crippen LogP contribution in [0.15, 0.2) is 42.5 Å². The molecule has 2 aromatic carbocycles. The highest BCUT2D eigenvalue weighted by atomic mass is 16.5. The van der Waals surface area contributed by atoms with Gasteiger partial charge in [0.05, 0.1) is 24.3 Å². The summed E-state index contributed by atoms with van der Waals surface area (Å²) in [4.78, 5) is 47.1. The average Bonchev–Trinajstić information content (AvgIpc) is 3.45. The van der Waals surface area contributed by atoms with E-state index in [0.29, 0.717) is 46.7 Å². The maximum absolute atomic E-state index is 13.4. The molecule has 0 bridgehead atoms. The fourth-order valence-corrected chi connectivity index (χ4v) is 5.54. The predicted molar refractivity (Wildman–Crippen MR) is 160 cm³/mol. The lowest BCUT2D eigenvalue weighted by atomic mass is 10.0. The number of amides is 3. The number of aromatic nitrogens is 1. The summed E-state index contributed by atoms with van der Waals surface area (Å²) in [6.45, 7) is 12.0. The number of nitrogens with zero attached hydrogens (tertiary/aromatic N) is 2. The molecule has 3 aromatic rings. The van der Waals surface area contributed by atoms with Crippen molar-refractivity contribution in [3.63, 3.8) is 0 Å². The largest absolute Gasteiger partial charge is 0.497 e. The van der Waals surface area contributed by atoms with Crippen LogP contribution >= 0.6 is 0 Å². The van der Waals surface area contributed by atoms with Gasteiger partial charge in [0.25, 0.3) is 17.7 Å². The third-order valence-corrected chi connectivity index (χ3v) is 8.11. The second kappa shape index (κ2) is 11.6. The number of fused-ring (bicyclic) bond motifs is 1. The number of piperazine rings is 1. The molecule has 0 saturated carbocycles. The van der Waals surface area contributed by atoms with Crippen LogP contribution in [-0.2, 0) is 4.79 Å². The second-order valence-corrected chi connectivity index (χ2v) is 10.6. The quantitative estimate of drug-likeness (QED) is 0.375. The van der Waals surface area contributed by atoms with Crippen molar-refractivity contribution in [3.05, 3.63) is 81.7 Å². The zero-order valence-electron chi connectivity index (χ0n) is 24.3. The summed E-state index contributed by atoms with van der Waals surface area (Å²) in [7, 11) is 1.61. The molecule has 1 atom stereocenters. The molecule has 0 aliphatic carbocycles. The van der Waals surface area contributed by atoms with Crippen LogP contribution in [0, 0.1) is 13.8 Å². The van der Waals surface area contributed by atoms with E-state index in [4.69, 9.17) is 4.74 Å². The van der Waals surface area contributed by atoms with Crippen LogP contribution in [0.25, 0.3) is 11.6 Å². The molecule has 3 heterocycles. The van der Waals surface area contributed by atoms with Crippen molar-refractivity contribution in [1.82, 2.24) is 20.1 Å². The molecule has 1 fully saturated rings. The number of benzene rings is 2. The number of H-pyrrole nitrogens is 1. The van der Waals surface area contributed by atoms with Crippen LogP contribution in [-0.4, -0.2) is 72.3 Å². The third kappa shape index (κ3) is 5.63. The number of hydrogen-bond acceptors (Lipinski definition) is 5. The van der Waals surface area contributed by atoms with E-state index < -0.39 is 0 Å². The van der Waals surface area contributed by atoms with Crippen molar-refractivity contribution in [2.24, 2.45) is 0 Å². The van der Waals surface area contributed by atoms with Gasteiger partial charge in [-0.25, -0.2) is 0 Å². The van der Waals surface area contributed by atoms with Gasteiger partial charge in [0, 0.05) is 54.4 Å². The molecule has 2 aliphatic rings. The fraction of sp³-hybridized carbons (Fsp3) is 0.344. The van der Waals surface area contributed by atoms with E-state index in [2.05, 4.69) is 27.4 Å². The number of nitrogens with one attached hydrogen (secondary N) is 3. The first kappa shape index (κ1) is 28.2. The van der Waals surface area contributed by atoms with Crippen LogP contribution in [0.3, 0.4) is 0 Å². The number of anilines is 1. The van der Waals surface area contributed by atoms with Gasteiger partial charge in [0.15, 0.2) is 0 Å². The molecule has 0 radical (unpaired) electrons. The first-order valence-electron chi connectivity index (χ1n) is 14.0. The molecule has 0 unspecified atom stereocenters. The van der Waals surface area contributed by atoms with Crippen molar-refractivity contribution in [1.29, 1.82) is 0 Å². The summed E-state index contributed by atoms with van der Waals surface area (Å²) in [5.41, 5.74) is 6.08. The van der Waals surface area contributed by atoms with Crippen molar-refractivity contribution in [2.75, 3.05) is 45.2 Å². The molecule has 1 aromatic heterocycles.